The maximum Gasteiger partial charge on any atom is 3.00 e. The third-order valence-electron chi connectivity index (χ3n) is 0. The van der Waals surface area contributed by atoms with Crippen LogP contribution in [0.2, 0.25) is 0 Å². The Kier molecular flexibility index (Phi) is 51.7. The average Bonchev–Trinajstić information content (AvgIpc) is 1.41. The summed E-state index contributed by atoms with van der Waals surface area (Å²) >= 11 is 0. The van der Waals surface area contributed by atoms with Crippen molar-refractivity contribution in [1.82, 2.24) is 0 Å². The Morgan fingerprint density at radius 3 is 0.450 bits per heavy atom. The minimum atomic E-state index is -5.17. The molecule has 0 aromatic carbocycles. The summed E-state index contributed by atoms with van der Waals surface area (Å²) in [6.07, 6.45) is 0. The molecule has 112 valence electrons. The first-order valence-electron chi connectivity index (χ1n) is 2.00. The second kappa shape index (κ2) is 20.9. The molecule has 0 spiro atoms. The Balaban J connectivity index is -0.0000000160. The molecular weight excluding hydrogens is 478 g/mol. The summed E-state index contributed by atoms with van der Waals surface area (Å²) in [6, 6.07) is 0. The molecule has 0 fully saturated rings. The van der Waals surface area contributed by atoms with E-state index < -0.39 is 31.2 Å². The van der Waals surface area contributed by atoms with E-state index in [9.17, 15) is 0 Å². The molecule has 0 aliphatic heterocycles. The van der Waals surface area contributed by atoms with Crippen molar-refractivity contribution in [2.45, 2.75) is 0 Å². The SMILES string of the molecule is O=S(=O)([O-])[O-].O=S(=O)([O-])[O-].O=S(=O)([O-])[O-].[Al+3].[Al+3].[Cl-].[Cl-].[Zn+2]. The van der Waals surface area contributed by atoms with E-state index in [0.717, 1.165) is 0 Å². The van der Waals surface area contributed by atoms with Crippen LogP contribution in [0.3, 0.4) is 0 Å². The normalized spacial score (nSPS) is 8.70. The van der Waals surface area contributed by atoms with Gasteiger partial charge in [-0.15, -0.1) is 0 Å². The van der Waals surface area contributed by atoms with Gasteiger partial charge in [-0.1, -0.05) is 0 Å². The van der Waals surface area contributed by atoms with E-state index in [-0.39, 0.29) is 79.0 Å². The molecule has 0 aliphatic rings. The molecule has 0 saturated carbocycles. The topological polar surface area (TPSA) is 241 Å². The summed E-state index contributed by atoms with van der Waals surface area (Å²) < 4.78 is 102. The first-order valence-corrected chi connectivity index (χ1v) is 6.00. The van der Waals surface area contributed by atoms with Crippen molar-refractivity contribution in [2.24, 2.45) is 0 Å². The number of rotatable bonds is 0. The van der Waals surface area contributed by atoms with Crippen LogP contribution in [0.15, 0.2) is 0 Å². The summed E-state index contributed by atoms with van der Waals surface area (Å²) in [4.78, 5) is 0. The molecule has 0 aliphatic carbocycles. The van der Waals surface area contributed by atoms with Gasteiger partial charge in [-0.05, 0) is 0 Å². The van der Waals surface area contributed by atoms with Crippen molar-refractivity contribution in [3.63, 3.8) is 0 Å². The number of halogens is 2. The van der Waals surface area contributed by atoms with E-state index in [1.807, 2.05) is 0 Å². The largest absolute Gasteiger partial charge is 3.00 e. The summed E-state index contributed by atoms with van der Waals surface area (Å²) in [7, 11) is -15.5. The average molecular weight is 478 g/mol. The fourth-order valence-electron chi connectivity index (χ4n) is 0. The van der Waals surface area contributed by atoms with Crippen molar-refractivity contribution in [3.8, 4) is 0 Å². The molecule has 0 N–H and O–H groups in total. The first-order chi connectivity index (χ1) is 6.00. The van der Waals surface area contributed by atoms with Crippen molar-refractivity contribution >= 4 is 65.9 Å². The van der Waals surface area contributed by atoms with Gasteiger partial charge in [0.15, 0.2) is 0 Å². The van der Waals surface area contributed by atoms with Crippen LogP contribution in [0.1, 0.15) is 0 Å². The number of hydrogen-bond donors (Lipinski definition) is 0. The zero-order valence-corrected chi connectivity index (χ0v) is 18.0. The van der Waals surface area contributed by atoms with Gasteiger partial charge in [0, 0.05) is 31.2 Å². The predicted molar refractivity (Wildman–Crippen MR) is 42.9 cm³/mol. The maximum absolute atomic E-state index is 8.52. The van der Waals surface area contributed by atoms with Gasteiger partial charge in [0.05, 0.1) is 0 Å². The fourth-order valence-corrected chi connectivity index (χ4v) is 0. The quantitative estimate of drug-likeness (QED) is 0.179. The van der Waals surface area contributed by atoms with Crippen molar-refractivity contribution < 1.29 is 96.9 Å². The van der Waals surface area contributed by atoms with Crippen LogP contribution in [0, 0.1) is 0 Å². The van der Waals surface area contributed by atoms with Gasteiger partial charge in [-0.2, -0.15) is 0 Å². The van der Waals surface area contributed by atoms with Gasteiger partial charge in [-0.25, -0.2) is 0 Å². The zero-order chi connectivity index (χ0) is 13.5. The minimum absolute atomic E-state index is 0. The monoisotopic (exact) mass is 476 g/mol. The summed E-state index contributed by atoms with van der Waals surface area (Å²) in [6.45, 7) is 0. The van der Waals surface area contributed by atoms with Gasteiger partial charge >= 0.3 is 54.2 Å². The Morgan fingerprint density at radius 1 is 0.450 bits per heavy atom. The van der Waals surface area contributed by atoms with E-state index in [1.165, 1.54) is 0 Å². The first kappa shape index (κ1) is 49.5. The summed E-state index contributed by atoms with van der Waals surface area (Å²) in [5, 5.41) is 0. The smallest absolute Gasteiger partial charge is 1.00 e. The second-order valence-electron chi connectivity index (χ2n) is 1.22. The Morgan fingerprint density at radius 2 is 0.450 bits per heavy atom. The van der Waals surface area contributed by atoms with E-state index in [1.54, 1.807) is 0 Å². The number of hydrogen-bond acceptors (Lipinski definition) is 12. The van der Waals surface area contributed by atoms with Crippen molar-refractivity contribution in [2.75, 3.05) is 0 Å². The molecule has 0 saturated heterocycles. The third kappa shape index (κ3) is 2010. The second-order valence-corrected chi connectivity index (χ2v) is 3.67. The molecule has 0 amide bonds. The van der Waals surface area contributed by atoms with Crippen LogP contribution >= 0.6 is 0 Å². The van der Waals surface area contributed by atoms with E-state index in [0.29, 0.717) is 0 Å². The zero-order valence-electron chi connectivity index (χ0n) is 8.74. The molecule has 0 radical (unpaired) electrons. The molecule has 0 aromatic heterocycles. The Bertz CT molecular complexity index is 356. The molecule has 0 bridgehead atoms. The maximum atomic E-state index is 8.52. The molecule has 0 atom stereocenters. The predicted octanol–water partition coefficient (Wildman–Crippen LogP) is -10.8. The minimum Gasteiger partial charge on any atom is -1.00 e. The van der Waals surface area contributed by atoms with Gasteiger partial charge in [0.2, 0.25) is 0 Å². The standard InChI is InChI=1S/2Al.2ClH.3H2O4S.Zn/c;;;;3*1-5(2,3)4;/h;;2*1H;3*(H2,1,2,3,4);/q2*+3;;;;;;+2/p-8. The summed E-state index contributed by atoms with van der Waals surface area (Å²) in [5.41, 5.74) is 0. The van der Waals surface area contributed by atoms with Crippen molar-refractivity contribution in [1.29, 1.82) is 0 Å². The van der Waals surface area contributed by atoms with Gasteiger partial charge < -0.3 is 52.1 Å². The molecule has 12 nitrogen and oxygen atoms in total. The van der Waals surface area contributed by atoms with Gasteiger partial charge in [0.1, 0.15) is 0 Å². The van der Waals surface area contributed by atoms with Crippen LogP contribution in [-0.2, 0) is 50.7 Å². The molecule has 0 heterocycles. The van der Waals surface area contributed by atoms with Crippen LogP contribution in [0.5, 0.6) is 0 Å². The third-order valence-corrected chi connectivity index (χ3v) is 0. The van der Waals surface area contributed by atoms with Crippen LogP contribution in [-0.4, -0.2) is 87.3 Å². The van der Waals surface area contributed by atoms with E-state index in [2.05, 4.69) is 0 Å². The molecular formula is Al2Cl2O12S3Zn. The molecule has 0 rings (SSSR count). The molecule has 0 unspecified atom stereocenters. The Hall–Kier alpha value is 1.88. The molecule has 20 heteroatoms. The van der Waals surface area contributed by atoms with Crippen molar-refractivity contribution in [3.05, 3.63) is 0 Å². The van der Waals surface area contributed by atoms with Crippen LogP contribution < -0.4 is 24.8 Å². The molecule has 20 heavy (non-hydrogen) atoms. The van der Waals surface area contributed by atoms with Crippen LogP contribution in [0.25, 0.3) is 0 Å². The molecule has 0 aromatic rings. The van der Waals surface area contributed by atoms with Gasteiger partial charge in [-0.3, -0.25) is 25.3 Å². The Labute approximate surface area is 161 Å². The van der Waals surface area contributed by atoms with Crippen LogP contribution in [0.4, 0.5) is 0 Å². The summed E-state index contributed by atoms with van der Waals surface area (Å²) in [5.74, 6) is 0. The van der Waals surface area contributed by atoms with Gasteiger partial charge in [0.25, 0.3) is 0 Å². The fraction of sp³-hybridized carbons (Fsp3) is 0. The van der Waals surface area contributed by atoms with E-state index in [4.69, 9.17) is 52.6 Å². The van der Waals surface area contributed by atoms with E-state index >= 15 is 0 Å².